The van der Waals surface area contributed by atoms with Crippen LogP contribution in [0.5, 0.6) is 0 Å². The van der Waals surface area contributed by atoms with Crippen LogP contribution in [0.1, 0.15) is 22.4 Å². The summed E-state index contributed by atoms with van der Waals surface area (Å²) in [5.74, 6) is -0.609. The van der Waals surface area contributed by atoms with Crippen LogP contribution >= 0.6 is 11.8 Å². The van der Waals surface area contributed by atoms with E-state index in [4.69, 9.17) is 0 Å². The highest BCUT2D eigenvalue weighted by molar-refractivity contribution is 8.18. The summed E-state index contributed by atoms with van der Waals surface area (Å²) in [7, 11) is 1.98. The molecule has 5 rings (SSSR count). The molecular formula is C25H23N3O3S. The Labute approximate surface area is 190 Å². The first-order chi connectivity index (χ1) is 15.4. The molecule has 2 aliphatic heterocycles. The Balaban J connectivity index is 1.36. The number of imide groups is 1. The van der Waals surface area contributed by atoms with Gasteiger partial charge in [-0.25, -0.2) is 0 Å². The number of carbonyl (C=O) groups is 3. The summed E-state index contributed by atoms with van der Waals surface area (Å²) in [6, 6.07) is 16.0. The smallest absolute Gasteiger partial charge is 0.294 e. The van der Waals surface area contributed by atoms with Crippen molar-refractivity contribution in [3.63, 3.8) is 0 Å². The third-order valence-corrected chi connectivity index (χ3v) is 7.28. The quantitative estimate of drug-likeness (QED) is 0.570. The van der Waals surface area contributed by atoms with Crippen molar-refractivity contribution in [2.24, 2.45) is 7.05 Å². The summed E-state index contributed by atoms with van der Waals surface area (Å²) in [6.07, 6.45) is 2.56. The van der Waals surface area contributed by atoms with Crippen molar-refractivity contribution >= 4 is 45.8 Å². The zero-order chi connectivity index (χ0) is 22.4. The lowest BCUT2D eigenvalue weighted by molar-refractivity contribution is -0.136. The molecule has 7 heteroatoms. The van der Waals surface area contributed by atoms with Crippen molar-refractivity contribution < 1.29 is 14.4 Å². The third kappa shape index (κ3) is 3.42. The molecular weight excluding hydrogens is 422 g/mol. The molecule has 0 unspecified atom stereocenters. The van der Waals surface area contributed by atoms with Crippen LogP contribution < -0.4 is 0 Å². The number of hydrogen-bond acceptors (Lipinski definition) is 4. The lowest BCUT2D eigenvalue weighted by Crippen LogP contribution is -2.44. The van der Waals surface area contributed by atoms with Gasteiger partial charge in [0.2, 0.25) is 5.91 Å². The predicted molar refractivity (Wildman–Crippen MR) is 126 cm³/mol. The summed E-state index contributed by atoms with van der Waals surface area (Å²) >= 11 is 0.899. The minimum Gasteiger partial charge on any atom is -0.347 e. The fourth-order valence-corrected chi connectivity index (χ4v) is 5.26. The minimum absolute atomic E-state index is 0.204. The van der Waals surface area contributed by atoms with Crippen molar-refractivity contribution in [2.45, 2.75) is 19.9 Å². The Kier molecular flexibility index (Phi) is 5.13. The van der Waals surface area contributed by atoms with E-state index in [1.165, 1.54) is 5.56 Å². The lowest BCUT2D eigenvalue weighted by Gasteiger charge is -2.29. The Morgan fingerprint density at radius 1 is 1.06 bits per heavy atom. The first-order valence-corrected chi connectivity index (χ1v) is 11.4. The largest absolute Gasteiger partial charge is 0.347 e. The molecule has 0 radical (unpaired) electrons. The van der Waals surface area contributed by atoms with Gasteiger partial charge in [0.1, 0.15) is 6.54 Å². The molecule has 0 aliphatic carbocycles. The van der Waals surface area contributed by atoms with Crippen LogP contribution in [0.2, 0.25) is 0 Å². The SMILES string of the molecule is Cc1c(/C=C2\SC(=O)N(CC(=O)N3CCc4ccccc4C3)C2=O)c2ccccc2n1C. The van der Waals surface area contributed by atoms with E-state index in [1.54, 1.807) is 11.0 Å². The highest BCUT2D eigenvalue weighted by atomic mass is 32.2. The third-order valence-electron chi connectivity index (χ3n) is 6.37. The van der Waals surface area contributed by atoms with Gasteiger partial charge in [-0.1, -0.05) is 42.5 Å². The van der Waals surface area contributed by atoms with E-state index in [0.717, 1.165) is 50.8 Å². The van der Waals surface area contributed by atoms with E-state index in [1.807, 2.05) is 56.4 Å². The minimum atomic E-state index is -0.405. The first-order valence-electron chi connectivity index (χ1n) is 10.6. The normalized spacial score (nSPS) is 17.5. The molecule has 2 aromatic carbocycles. The number of aromatic nitrogens is 1. The van der Waals surface area contributed by atoms with Crippen LogP contribution in [0.4, 0.5) is 4.79 Å². The molecule has 32 heavy (non-hydrogen) atoms. The molecule has 0 N–H and O–H groups in total. The Morgan fingerprint density at radius 3 is 2.59 bits per heavy atom. The summed E-state index contributed by atoms with van der Waals surface area (Å²) in [5, 5.41) is 0.632. The van der Waals surface area contributed by atoms with Gasteiger partial charge in [0, 0.05) is 42.3 Å². The fraction of sp³-hybridized carbons (Fsp3) is 0.240. The highest BCUT2D eigenvalue weighted by Crippen LogP contribution is 2.35. The summed E-state index contributed by atoms with van der Waals surface area (Å²) in [6.45, 7) is 2.87. The number of benzene rings is 2. The van der Waals surface area contributed by atoms with Gasteiger partial charge in [-0.15, -0.1) is 0 Å². The fourth-order valence-electron chi connectivity index (χ4n) is 4.44. The van der Waals surface area contributed by atoms with Crippen LogP contribution in [-0.2, 0) is 29.6 Å². The maximum Gasteiger partial charge on any atom is 0.294 e. The number of carbonyl (C=O) groups excluding carboxylic acids is 3. The lowest BCUT2D eigenvalue weighted by atomic mass is 10.00. The molecule has 162 valence electrons. The summed E-state index contributed by atoms with van der Waals surface area (Å²) in [5.41, 5.74) is 5.37. The van der Waals surface area contributed by atoms with Crippen molar-refractivity contribution in [1.82, 2.24) is 14.4 Å². The predicted octanol–water partition coefficient (Wildman–Crippen LogP) is 4.11. The second-order valence-corrected chi connectivity index (χ2v) is 9.17. The number of amides is 3. The van der Waals surface area contributed by atoms with E-state index in [0.29, 0.717) is 18.0 Å². The average Bonchev–Trinajstić information content (AvgIpc) is 3.21. The van der Waals surface area contributed by atoms with Crippen LogP contribution in [0, 0.1) is 6.92 Å². The van der Waals surface area contributed by atoms with E-state index >= 15 is 0 Å². The number of nitrogens with zero attached hydrogens (tertiary/aromatic N) is 3. The Hall–Kier alpha value is -3.32. The van der Waals surface area contributed by atoms with Crippen LogP contribution in [0.3, 0.4) is 0 Å². The second kappa shape index (κ2) is 7.98. The molecule has 3 amide bonds. The van der Waals surface area contributed by atoms with Crippen molar-refractivity contribution in [3.8, 4) is 0 Å². The number of aryl methyl sites for hydroxylation is 1. The maximum atomic E-state index is 13.0. The molecule has 3 heterocycles. The van der Waals surface area contributed by atoms with Crippen LogP contribution in [-0.4, -0.2) is 44.5 Å². The average molecular weight is 446 g/mol. The van der Waals surface area contributed by atoms with E-state index in [2.05, 4.69) is 10.6 Å². The molecule has 0 spiro atoms. The number of rotatable bonds is 3. The maximum absolute atomic E-state index is 13.0. The van der Waals surface area contributed by atoms with Crippen molar-refractivity contribution in [1.29, 1.82) is 0 Å². The number of fused-ring (bicyclic) bond motifs is 2. The van der Waals surface area contributed by atoms with Crippen LogP contribution in [0.15, 0.2) is 53.4 Å². The van der Waals surface area contributed by atoms with Crippen molar-refractivity contribution in [3.05, 3.63) is 75.8 Å². The van der Waals surface area contributed by atoms with Gasteiger partial charge in [0.15, 0.2) is 0 Å². The van der Waals surface area contributed by atoms with Gasteiger partial charge < -0.3 is 9.47 Å². The molecule has 6 nitrogen and oxygen atoms in total. The van der Waals surface area contributed by atoms with Crippen molar-refractivity contribution in [2.75, 3.05) is 13.1 Å². The van der Waals surface area contributed by atoms with E-state index in [-0.39, 0.29) is 12.5 Å². The standard InChI is InChI=1S/C25H23N3O3S/c1-16-20(19-9-5-6-10-21(19)26(16)2)13-22-24(30)28(25(31)32-22)15-23(29)27-12-11-17-7-3-4-8-18(17)14-27/h3-10,13H,11-12,14-15H2,1-2H3/b22-13-. The van der Waals surface area contributed by atoms with Gasteiger partial charge in [-0.05, 0) is 48.4 Å². The molecule has 0 bridgehead atoms. The highest BCUT2D eigenvalue weighted by Gasteiger charge is 2.37. The second-order valence-electron chi connectivity index (χ2n) is 8.18. The van der Waals surface area contributed by atoms with Gasteiger partial charge in [0.05, 0.1) is 4.91 Å². The first kappa shape index (κ1) is 20.6. The molecule has 0 saturated carbocycles. The van der Waals surface area contributed by atoms with Crippen LogP contribution in [0.25, 0.3) is 17.0 Å². The summed E-state index contributed by atoms with van der Waals surface area (Å²) in [4.78, 5) is 41.7. The van der Waals surface area contributed by atoms with E-state index in [9.17, 15) is 14.4 Å². The van der Waals surface area contributed by atoms with Gasteiger partial charge >= 0.3 is 0 Å². The zero-order valence-electron chi connectivity index (χ0n) is 18.0. The molecule has 3 aromatic rings. The summed E-state index contributed by atoms with van der Waals surface area (Å²) < 4.78 is 2.07. The molecule has 2 aliphatic rings. The molecule has 1 saturated heterocycles. The number of para-hydroxylation sites is 1. The molecule has 1 fully saturated rings. The van der Waals surface area contributed by atoms with Gasteiger partial charge in [-0.3, -0.25) is 19.3 Å². The number of thioether (sulfide) groups is 1. The Morgan fingerprint density at radius 2 is 1.78 bits per heavy atom. The topological polar surface area (TPSA) is 62.6 Å². The zero-order valence-corrected chi connectivity index (χ0v) is 18.8. The van der Waals surface area contributed by atoms with E-state index < -0.39 is 11.1 Å². The number of hydrogen-bond donors (Lipinski definition) is 0. The molecule has 0 atom stereocenters. The molecule has 1 aromatic heterocycles. The Bertz CT molecular complexity index is 1310. The van der Waals surface area contributed by atoms with Gasteiger partial charge in [-0.2, -0.15) is 0 Å². The van der Waals surface area contributed by atoms with Gasteiger partial charge in [0.25, 0.3) is 11.1 Å². The monoisotopic (exact) mass is 445 g/mol.